The van der Waals surface area contributed by atoms with Gasteiger partial charge in [-0.3, -0.25) is 9.59 Å². The van der Waals surface area contributed by atoms with Gasteiger partial charge in [0.1, 0.15) is 0 Å². The van der Waals surface area contributed by atoms with Crippen molar-refractivity contribution in [1.29, 1.82) is 0 Å². The number of Topliss-reactive ketones (excluding diaryl/α,β-unsaturated/α-hetero) is 1. The quantitative estimate of drug-likeness (QED) is 0.663. The highest BCUT2D eigenvalue weighted by molar-refractivity contribution is 7.14. The third kappa shape index (κ3) is 4.05. The van der Waals surface area contributed by atoms with E-state index in [2.05, 4.69) is 4.98 Å². The molecule has 1 aromatic heterocycles. The molecule has 1 aliphatic heterocycles. The summed E-state index contributed by atoms with van der Waals surface area (Å²) in [4.78, 5) is 34.3. The molecule has 2 aromatic rings. The van der Waals surface area contributed by atoms with Crippen molar-refractivity contribution in [2.24, 2.45) is 0 Å². The van der Waals surface area contributed by atoms with Crippen molar-refractivity contribution in [1.82, 2.24) is 14.8 Å². The van der Waals surface area contributed by atoms with Crippen LogP contribution in [0.2, 0.25) is 10.0 Å². The summed E-state index contributed by atoms with van der Waals surface area (Å²) in [6.45, 7) is 4.36. The van der Waals surface area contributed by atoms with Gasteiger partial charge in [0.05, 0.1) is 27.2 Å². The molecule has 9 heteroatoms. The molecule has 0 radical (unpaired) electrons. The Bertz CT molecular complexity index is 996. The summed E-state index contributed by atoms with van der Waals surface area (Å²) in [6, 6.07) is 4.11. The molecule has 1 atom stereocenters. The van der Waals surface area contributed by atoms with Gasteiger partial charge in [0.25, 0.3) is 5.91 Å². The number of aliphatic hydroxyl groups excluding tert-OH is 1. The molecule has 29 heavy (non-hydrogen) atoms. The number of halogens is 2. The van der Waals surface area contributed by atoms with Crippen LogP contribution in [0, 0.1) is 13.8 Å². The van der Waals surface area contributed by atoms with E-state index in [1.807, 2.05) is 19.0 Å². The third-order valence-corrected chi connectivity index (χ3v) is 6.45. The highest BCUT2D eigenvalue weighted by Crippen LogP contribution is 2.44. The number of benzene rings is 1. The lowest BCUT2D eigenvalue weighted by atomic mass is 9.95. The van der Waals surface area contributed by atoms with E-state index in [4.69, 9.17) is 23.2 Å². The number of rotatable bonds is 6. The van der Waals surface area contributed by atoms with E-state index < -0.39 is 23.5 Å². The highest BCUT2D eigenvalue weighted by Gasteiger charge is 2.45. The molecule has 1 aliphatic rings. The lowest BCUT2D eigenvalue weighted by Crippen LogP contribution is -2.36. The summed E-state index contributed by atoms with van der Waals surface area (Å²) in [6.07, 6.45) is 0. The Labute approximate surface area is 183 Å². The van der Waals surface area contributed by atoms with Gasteiger partial charge in [0.2, 0.25) is 5.78 Å². The van der Waals surface area contributed by atoms with E-state index in [1.165, 1.54) is 16.2 Å². The second-order valence-electron chi connectivity index (χ2n) is 7.08. The first-order valence-corrected chi connectivity index (χ1v) is 10.5. The number of hydrogen-bond acceptors (Lipinski definition) is 6. The van der Waals surface area contributed by atoms with Gasteiger partial charge in [-0.05, 0) is 40.1 Å². The van der Waals surface area contributed by atoms with E-state index in [0.29, 0.717) is 39.3 Å². The smallest absolute Gasteiger partial charge is 0.290 e. The first-order valence-electron chi connectivity index (χ1n) is 8.95. The third-order valence-electron chi connectivity index (χ3n) is 4.72. The van der Waals surface area contributed by atoms with E-state index in [1.54, 1.807) is 32.0 Å². The molecular formula is C20H21Cl2N3O3S. The molecule has 0 spiro atoms. The van der Waals surface area contributed by atoms with Crippen LogP contribution in [0.25, 0.3) is 0 Å². The fourth-order valence-electron chi connectivity index (χ4n) is 3.36. The van der Waals surface area contributed by atoms with Gasteiger partial charge in [-0.1, -0.05) is 29.3 Å². The Morgan fingerprint density at radius 1 is 1.28 bits per heavy atom. The van der Waals surface area contributed by atoms with Crippen molar-refractivity contribution in [3.8, 4) is 0 Å². The van der Waals surface area contributed by atoms with Crippen molar-refractivity contribution in [3.05, 3.63) is 60.7 Å². The molecule has 0 bridgehead atoms. The minimum atomic E-state index is -0.877. The normalized spacial score (nSPS) is 17.0. The van der Waals surface area contributed by atoms with Gasteiger partial charge in [-0.25, -0.2) is 4.98 Å². The van der Waals surface area contributed by atoms with E-state index in [0.717, 1.165) is 5.01 Å². The SMILES string of the molecule is Cc1nc(C)c(C(=O)C2=C(O)C(=O)N(CCN(C)C)C2c2c(Cl)cccc2Cl)s1. The van der Waals surface area contributed by atoms with Gasteiger partial charge in [-0.15, -0.1) is 11.3 Å². The van der Waals surface area contributed by atoms with Gasteiger partial charge in [0, 0.05) is 28.7 Å². The summed E-state index contributed by atoms with van der Waals surface area (Å²) in [5, 5.41) is 12.1. The zero-order valence-electron chi connectivity index (χ0n) is 16.5. The molecular weight excluding hydrogens is 433 g/mol. The lowest BCUT2D eigenvalue weighted by Gasteiger charge is -2.29. The van der Waals surface area contributed by atoms with Crippen molar-refractivity contribution < 1.29 is 14.7 Å². The van der Waals surface area contributed by atoms with Crippen molar-refractivity contribution in [2.75, 3.05) is 27.2 Å². The summed E-state index contributed by atoms with van der Waals surface area (Å²) in [5.74, 6) is -1.62. The highest BCUT2D eigenvalue weighted by atomic mass is 35.5. The number of carbonyl (C=O) groups excluding carboxylic acids is 2. The summed E-state index contributed by atoms with van der Waals surface area (Å²) >= 11 is 14.1. The van der Waals surface area contributed by atoms with Crippen molar-refractivity contribution in [3.63, 3.8) is 0 Å². The number of thiazole rings is 1. The van der Waals surface area contributed by atoms with Gasteiger partial charge in [0.15, 0.2) is 5.76 Å². The largest absolute Gasteiger partial charge is 0.503 e. The number of ketones is 1. The number of aromatic nitrogens is 1. The number of nitrogens with zero attached hydrogens (tertiary/aromatic N) is 3. The van der Waals surface area contributed by atoms with Crippen molar-refractivity contribution >= 4 is 46.2 Å². The monoisotopic (exact) mass is 453 g/mol. The van der Waals surface area contributed by atoms with Crippen LogP contribution in [0.15, 0.2) is 29.5 Å². The second kappa shape index (κ2) is 8.44. The van der Waals surface area contributed by atoms with E-state index >= 15 is 0 Å². The molecule has 0 aliphatic carbocycles. The Morgan fingerprint density at radius 2 is 1.90 bits per heavy atom. The van der Waals surface area contributed by atoms with Crippen LogP contribution in [0.1, 0.15) is 32.0 Å². The number of amides is 1. The molecule has 154 valence electrons. The van der Waals surface area contributed by atoms with Crippen molar-refractivity contribution in [2.45, 2.75) is 19.9 Å². The van der Waals surface area contributed by atoms with Crippen LogP contribution in [0.3, 0.4) is 0 Å². The topological polar surface area (TPSA) is 73.7 Å². The minimum Gasteiger partial charge on any atom is -0.503 e. The number of aryl methyl sites for hydroxylation is 2. The summed E-state index contributed by atoms with van der Waals surface area (Å²) < 4.78 is 0. The fourth-order valence-corrected chi connectivity index (χ4v) is 4.84. The molecule has 1 N–H and O–H groups in total. The first kappa shape index (κ1) is 21.8. The fraction of sp³-hybridized carbons (Fsp3) is 0.350. The Balaban J connectivity index is 2.17. The molecule has 3 rings (SSSR count). The zero-order chi connectivity index (χ0) is 21.5. The maximum absolute atomic E-state index is 13.4. The Kier molecular flexibility index (Phi) is 6.33. The molecule has 1 unspecified atom stereocenters. The minimum absolute atomic E-state index is 0.0180. The predicted octanol–water partition coefficient (Wildman–Crippen LogP) is 4.21. The lowest BCUT2D eigenvalue weighted by molar-refractivity contribution is -0.129. The van der Waals surface area contributed by atoms with Gasteiger partial charge in [-0.2, -0.15) is 0 Å². The molecule has 0 saturated heterocycles. The standard InChI is InChI=1S/C20H21Cl2N3O3S/c1-10-19(29-11(2)23-10)17(26)15-16(14-12(21)6-5-7-13(14)22)25(9-8-24(3)4)20(28)18(15)27/h5-7,16,27H,8-9H2,1-4H3. The van der Waals surface area contributed by atoms with Crippen LogP contribution >= 0.6 is 34.5 Å². The van der Waals surface area contributed by atoms with E-state index in [-0.39, 0.29) is 5.57 Å². The van der Waals surface area contributed by atoms with Crippen LogP contribution in [0.5, 0.6) is 0 Å². The van der Waals surface area contributed by atoms with Gasteiger partial charge < -0.3 is 14.9 Å². The maximum atomic E-state index is 13.4. The van der Waals surface area contributed by atoms with Crippen LogP contribution < -0.4 is 0 Å². The second-order valence-corrected chi connectivity index (χ2v) is 9.10. The average molecular weight is 454 g/mol. The predicted molar refractivity (Wildman–Crippen MR) is 115 cm³/mol. The average Bonchev–Trinajstić information content (AvgIpc) is 3.09. The number of hydrogen-bond donors (Lipinski definition) is 1. The number of carbonyl (C=O) groups is 2. The zero-order valence-corrected chi connectivity index (χ0v) is 18.8. The van der Waals surface area contributed by atoms with E-state index in [9.17, 15) is 14.7 Å². The maximum Gasteiger partial charge on any atom is 0.290 e. The first-order chi connectivity index (χ1) is 13.6. The molecule has 0 saturated carbocycles. The molecule has 2 heterocycles. The molecule has 1 aromatic carbocycles. The number of aliphatic hydroxyl groups is 1. The Morgan fingerprint density at radius 3 is 2.41 bits per heavy atom. The molecule has 1 amide bonds. The summed E-state index contributed by atoms with van der Waals surface area (Å²) in [7, 11) is 3.75. The Hall–Kier alpha value is -1.93. The molecule has 0 fully saturated rings. The van der Waals surface area contributed by atoms with Gasteiger partial charge >= 0.3 is 0 Å². The van der Waals surface area contributed by atoms with Crippen LogP contribution in [0.4, 0.5) is 0 Å². The van der Waals surface area contributed by atoms with Crippen LogP contribution in [-0.4, -0.2) is 58.8 Å². The number of likely N-dealkylation sites (N-methyl/N-ethyl adjacent to an activating group) is 1. The van der Waals surface area contributed by atoms with Crippen LogP contribution in [-0.2, 0) is 4.79 Å². The summed E-state index contributed by atoms with van der Waals surface area (Å²) in [5.41, 5.74) is 0.964. The molecule has 6 nitrogen and oxygen atoms in total.